The number of hydrogen-bond acceptors (Lipinski definition) is 7. The van der Waals surface area contributed by atoms with Gasteiger partial charge in [0.15, 0.2) is 5.01 Å². The van der Waals surface area contributed by atoms with Gasteiger partial charge in [0, 0.05) is 52.3 Å². The molecule has 2 aliphatic heterocycles. The molecule has 1 saturated heterocycles. The van der Waals surface area contributed by atoms with Crippen molar-refractivity contribution in [2.45, 2.75) is 75.4 Å². The first-order valence-electron chi connectivity index (χ1n) is 13.3. The van der Waals surface area contributed by atoms with E-state index in [1.807, 2.05) is 51.1 Å². The Kier molecular flexibility index (Phi) is 8.54. The van der Waals surface area contributed by atoms with E-state index in [4.69, 9.17) is 4.74 Å². The van der Waals surface area contributed by atoms with Gasteiger partial charge in [0.1, 0.15) is 5.60 Å². The topological polar surface area (TPSA) is 71.5 Å². The molecular weight excluding hydrogens is 580 g/mol. The number of aromatic nitrogens is 1. The van der Waals surface area contributed by atoms with Crippen molar-refractivity contribution in [3.63, 3.8) is 0 Å². The van der Waals surface area contributed by atoms with Crippen LogP contribution in [-0.2, 0) is 40.3 Å². The van der Waals surface area contributed by atoms with Gasteiger partial charge in [-0.1, -0.05) is 19.1 Å². The van der Waals surface area contributed by atoms with Gasteiger partial charge in [0.25, 0.3) is 5.91 Å². The average molecular weight is 612 g/mol. The van der Waals surface area contributed by atoms with Gasteiger partial charge in [-0.25, -0.2) is 4.98 Å². The van der Waals surface area contributed by atoms with Crippen molar-refractivity contribution in [1.82, 2.24) is 15.2 Å². The van der Waals surface area contributed by atoms with E-state index >= 15 is 0 Å². The molecule has 2 aromatic heterocycles. The second-order valence-corrected chi connectivity index (χ2v) is 14.2. The molecule has 4 heterocycles. The molecule has 0 bridgehead atoms. The number of carbonyl (C=O) groups is 1. The van der Waals surface area contributed by atoms with Gasteiger partial charge in [-0.15, -0.1) is 22.7 Å². The molecule has 0 saturated carbocycles. The van der Waals surface area contributed by atoms with Crippen LogP contribution in [0.2, 0.25) is 0 Å². The highest BCUT2D eigenvalue weighted by atomic mass is 32.2. The third kappa shape index (κ3) is 6.06. The summed E-state index contributed by atoms with van der Waals surface area (Å²) in [5.74, 6) is 0.426. The summed E-state index contributed by atoms with van der Waals surface area (Å²) in [5, 5.41) is 2.19. The summed E-state index contributed by atoms with van der Waals surface area (Å²) in [6, 6.07) is 9.26. The number of thiazole rings is 1. The number of amides is 1. The summed E-state index contributed by atoms with van der Waals surface area (Å²) >= 11 is 2.18. The Morgan fingerprint density at radius 3 is 2.58 bits per heavy atom. The highest BCUT2D eigenvalue weighted by Gasteiger charge is 2.45. The van der Waals surface area contributed by atoms with Crippen LogP contribution < -0.4 is 5.32 Å². The van der Waals surface area contributed by atoms with Crippen molar-refractivity contribution < 1.29 is 26.9 Å². The summed E-state index contributed by atoms with van der Waals surface area (Å²) in [5.41, 5.74) is 1.57. The molecular formula is C28H32F3N3O3S3. The number of ether oxygens (including phenoxy) is 1. The molecule has 0 aliphatic carbocycles. The zero-order valence-electron chi connectivity index (χ0n) is 22.5. The maximum atomic E-state index is 13.1. The molecule has 1 amide bonds. The van der Waals surface area contributed by atoms with Crippen LogP contribution in [0.25, 0.3) is 0 Å². The predicted octanol–water partition coefficient (Wildman–Crippen LogP) is 6.29. The first-order chi connectivity index (χ1) is 19.0. The van der Waals surface area contributed by atoms with E-state index in [0.717, 1.165) is 27.3 Å². The number of nitrogens with one attached hydrogen (secondary N) is 1. The van der Waals surface area contributed by atoms with Crippen LogP contribution in [-0.4, -0.2) is 44.9 Å². The normalized spacial score (nSPS) is 20.7. The third-order valence-electron chi connectivity index (χ3n) is 7.61. The van der Waals surface area contributed by atoms with Gasteiger partial charge in [-0.3, -0.25) is 13.9 Å². The van der Waals surface area contributed by atoms with Crippen molar-refractivity contribution >= 4 is 39.4 Å². The van der Waals surface area contributed by atoms with Gasteiger partial charge in [0.05, 0.1) is 21.8 Å². The number of alkyl halides is 3. The van der Waals surface area contributed by atoms with Gasteiger partial charge >= 0.3 is 6.18 Å². The highest BCUT2D eigenvalue weighted by molar-refractivity contribution is 7.85. The lowest BCUT2D eigenvalue weighted by molar-refractivity contribution is -0.137. The largest absolute Gasteiger partial charge is 0.443 e. The SMILES string of the molecule is CCS(=O)c1ccc(CNC(=O)c2cc3c(s2)C2(CCN(C(C)c4cnc(C(F)(F)F)s4)CC2)O[C@H](C)C3)cc1. The molecule has 1 aromatic carbocycles. The Morgan fingerprint density at radius 2 is 1.95 bits per heavy atom. The van der Waals surface area contributed by atoms with Crippen molar-refractivity contribution in [1.29, 1.82) is 0 Å². The predicted molar refractivity (Wildman–Crippen MR) is 151 cm³/mol. The zero-order chi connectivity index (χ0) is 28.7. The van der Waals surface area contributed by atoms with Crippen LogP contribution in [0.5, 0.6) is 0 Å². The van der Waals surface area contributed by atoms with Gasteiger partial charge < -0.3 is 10.1 Å². The molecule has 3 aromatic rings. The minimum atomic E-state index is -4.43. The number of carbonyl (C=O) groups excluding carboxylic acids is 1. The van der Waals surface area contributed by atoms with Crippen molar-refractivity contribution in [2.24, 2.45) is 0 Å². The summed E-state index contributed by atoms with van der Waals surface area (Å²) in [7, 11) is -1.01. The lowest BCUT2D eigenvalue weighted by Gasteiger charge is -2.46. The van der Waals surface area contributed by atoms with E-state index in [1.165, 1.54) is 17.5 Å². The number of hydrogen-bond donors (Lipinski definition) is 1. The Balaban J connectivity index is 1.25. The molecule has 12 heteroatoms. The quantitative estimate of drug-likeness (QED) is 0.340. The smallest absolute Gasteiger partial charge is 0.366 e. The van der Waals surface area contributed by atoms with Crippen LogP contribution >= 0.6 is 22.7 Å². The Hall–Kier alpha value is -2.12. The molecule has 5 rings (SSSR count). The van der Waals surface area contributed by atoms with E-state index in [-0.39, 0.29) is 18.1 Å². The Morgan fingerprint density at radius 1 is 1.25 bits per heavy atom. The molecule has 1 fully saturated rings. The number of likely N-dealkylation sites (tertiary alicyclic amines) is 1. The van der Waals surface area contributed by atoms with E-state index < -0.39 is 27.6 Å². The number of halogens is 3. The maximum absolute atomic E-state index is 13.1. The second-order valence-electron chi connectivity index (χ2n) is 10.3. The third-order valence-corrected chi connectivity index (χ3v) is 11.5. The molecule has 2 unspecified atom stereocenters. The van der Waals surface area contributed by atoms with Crippen LogP contribution in [0.15, 0.2) is 41.4 Å². The fraction of sp³-hybridized carbons (Fsp3) is 0.500. The van der Waals surface area contributed by atoms with E-state index in [2.05, 4.69) is 15.2 Å². The maximum Gasteiger partial charge on any atom is 0.443 e. The van der Waals surface area contributed by atoms with E-state index in [0.29, 0.717) is 59.3 Å². The average Bonchev–Trinajstić information content (AvgIpc) is 3.60. The number of fused-ring (bicyclic) bond motifs is 2. The number of nitrogens with zero attached hydrogens (tertiary/aromatic N) is 2. The van der Waals surface area contributed by atoms with Gasteiger partial charge in [-0.05, 0) is 62.4 Å². The fourth-order valence-electron chi connectivity index (χ4n) is 5.47. The Bertz CT molecular complexity index is 1380. The monoisotopic (exact) mass is 611 g/mol. The lowest BCUT2D eigenvalue weighted by atomic mass is 9.83. The number of thiophene rings is 1. The molecule has 216 valence electrons. The summed E-state index contributed by atoms with van der Waals surface area (Å²) in [6.45, 7) is 7.56. The summed E-state index contributed by atoms with van der Waals surface area (Å²) in [4.78, 5) is 22.0. The number of benzene rings is 1. The molecule has 2 aliphatic rings. The van der Waals surface area contributed by atoms with Crippen molar-refractivity contribution in [2.75, 3.05) is 18.8 Å². The molecule has 40 heavy (non-hydrogen) atoms. The minimum absolute atomic E-state index is 0.00464. The first kappa shape index (κ1) is 29.4. The van der Waals surface area contributed by atoms with E-state index in [1.54, 1.807) is 0 Å². The Labute approximate surface area is 242 Å². The first-order valence-corrected chi connectivity index (χ1v) is 16.3. The number of rotatable bonds is 7. The van der Waals surface area contributed by atoms with Crippen molar-refractivity contribution in [3.8, 4) is 0 Å². The minimum Gasteiger partial charge on any atom is -0.366 e. The van der Waals surface area contributed by atoms with Crippen molar-refractivity contribution in [3.05, 3.63) is 67.3 Å². The summed E-state index contributed by atoms with van der Waals surface area (Å²) < 4.78 is 57.7. The molecule has 6 nitrogen and oxygen atoms in total. The van der Waals surface area contributed by atoms with Crippen LogP contribution in [0, 0.1) is 0 Å². The molecule has 3 atom stereocenters. The standard InChI is InChI=1S/C28H32F3N3O3S3/c1-4-40(36)21-7-5-19(6-8-21)15-32-25(35)22-14-20-13-17(2)37-27(24(20)38-22)9-11-34(12-10-27)18(3)23-16-33-26(39-23)28(29,30)31/h5-8,14,16-18H,4,9-13,15H2,1-3H3,(H,32,35)/t17-,18?,40?/m1/s1. The van der Waals surface area contributed by atoms with Gasteiger partial charge in [-0.2, -0.15) is 13.2 Å². The van der Waals surface area contributed by atoms with E-state index in [9.17, 15) is 22.2 Å². The fourth-order valence-corrected chi connectivity index (χ4v) is 8.41. The van der Waals surface area contributed by atoms with Crippen LogP contribution in [0.3, 0.4) is 0 Å². The molecule has 1 N–H and O–H groups in total. The lowest BCUT2D eigenvalue weighted by Crippen LogP contribution is -2.48. The summed E-state index contributed by atoms with van der Waals surface area (Å²) in [6.07, 6.45) is -0.951. The second kappa shape index (κ2) is 11.6. The molecule has 0 radical (unpaired) electrons. The van der Waals surface area contributed by atoms with Crippen LogP contribution in [0.1, 0.15) is 75.2 Å². The highest BCUT2D eigenvalue weighted by Crippen LogP contribution is 2.48. The van der Waals surface area contributed by atoms with Gasteiger partial charge in [0.2, 0.25) is 0 Å². The number of piperidine rings is 1. The molecule has 1 spiro atoms. The van der Waals surface area contributed by atoms with Crippen LogP contribution in [0.4, 0.5) is 13.2 Å². The zero-order valence-corrected chi connectivity index (χ0v) is 25.0.